The highest BCUT2D eigenvalue weighted by Gasteiger charge is 2.28. The van der Waals surface area contributed by atoms with E-state index in [-0.39, 0.29) is 5.97 Å². The molecule has 0 aliphatic heterocycles. The van der Waals surface area contributed by atoms with Crippen LogP contribution in [0.15, 0.2) is 29.4 Å². The number of aromatic nitrogens is 1. The normalized spacial score (nSPS) is 11.1. The fourth-order valence-electron chi connectivity index (χ4n) is 1.02. The number of thioether (sulfide) groups is 1. The SMILES string of the molecule is COC(=O)C(C)(C)CSc1ccccn1. The van der Waals surface area contributed by atoms with Crippen molar-refractivity contribution in [2.45, 2.75) is 18.9 Å². The lowest BCUT2D eigenvalue weighted by Gasteiger charge is -2.20. The summed E-state index contributed by atoms with van der Waals surface area (Å²) in [4.78, 5) is 15.6. The molecule has 1 aromatic rings. The average molecular weight is 225 g/mol. The van der Waals surface area contributed by atoms with Crippen LogP contribution >= 0.6 is 11.8 Å². The summed E-state index contributed by atoms with van der Waals surface area (Å²) >= 11 is 1.56. The zero-order chi connectivity index (χ0) is 11.3. The van der Waals surface area contributed by atoms with Crippen LogP contribution in [0.1, 0.15) is 13.8 Å². The number of nitrogens with zero attached hydrogens (tertiary/aromatic N) is 1. The molecule has 0 saturated carbocycles. The first-order valence-corrected chi connectivity index (χ1v) is 5.67. The van der Waals surface area contributed by atoms with Gasteiger partial charge in [0.05, 0.1) is 17.6 Å². The molecule has 0 radical (unpaired) electrons. The standard InChI is InChI=1S/C11H15NO2S/c1-11(2,10(13)14-3)8-15-9-6-4-5-7-12-9/h4-7H,8H2,1-3H3. The number of hydrogen-bond donors (Lipinski definition) is 0. The van der Waals surface area contributed by atoms with Crippen molar-refractivity contribution in [3.8, 4) is 0 Å². The second-order valence-corrected chi connectivity index (χ2v) is 4.83. The third-order valence-corrected chi connectivity index (χ3v) is 3.36. The number of carbonyl (C=O) groups is 1. The topological polar surface area (TPSA) is 39.2 Å². The number of esters is 1. The van der Waals surface area contributed by atoms with Crippen LogP contribution in [-0.2, 0) is 9.53 Å². The van der Waals surface area contributed by atoms with E-state index in [0.29, 0.717) is 5.75 Å². The van der Waals surface area contributed by atoms with E-state index in [2.05, 4.69) is 4.98 Å². The molecule has 0 bridgehead atoms. The van der Waals surface area contributed by atoms with Crippen LogP contribution < -0.4 is 0 Å². The summed E-state index contributed by atoms with van der Waals surface area (Å²) in [5, 5.41) is 0.925. The molecule has 0 fully saturated rings. The second-order valence-electron chi connectivity index (χ2n) is 3.83. The predicted octanol–water partition coefficient (Wildman–Crippen LogP) is 2.37. The summed E-state index contributed by atoms with van der Waals surface area (Å²) in [5.41, 5.74) is -0.475. The van der Waals surface area contributed by atoms with Crippen molar-refractivity contribution < 1.29 is 9.53 Å². The first-order chi connectivity index (χ1) is 7.06. The number of pyridine rings is 1. The van der Waals surface area contributed by atoms with Gasteiger partial charge in [-0.05, 0) is 26.0 Å². The lowest BCUT2D eigenvalue weighted by atomic mass is 9.97. The molecule has 82 valence electrons. The molecule has 0 unspecified atom stereocenters. The molecular formula is C11H15NO2S. The van der Waals surface area contributed by atoms with Crippen molar-refractivity contribution >= 4 is 17.7 Å². The van der Waals surface area contributed by atoms with E-state index < -0.39 is 5.41 Å². The van der Waals surface area contributed by atoms with Crippen LogP contribution in [0, 0.1) is 5.41 Å². The number of methoxy groups -OCH3 is 1. The minimum atomic E-state index is -0.475. The Morgan fingerprint density at radius 2 is 2.27 bits per heavy atom. The minimum Gasteiger partial charge on any atom is -0.469 e. The monoisotopic (exact) mass is 225 g/mol. The second kappa shape index (κ2) is 5.16. The number of hydrogen-bond acceptors (Lipinski definition) is 4. The Morgan fingerprint density at radius 1 is 1.53 bits per heavy atom. The van der Waals surface area contributed by atoms with Gasteiger partial charge >= 0.3 is 5.97 Å². The maximum absolute atomic E-state index is 11.4. The van der Waals surface area contributed by atoms with Crippen molar-refractivity contribution in [1.82, 2.24) is 4.98 Å². The van der Waals surface area contributed by atoms with Crippen LogP contribution in [0.3, 0.4) is 0 Å². The van der Waals surface area contributed by atoms with Gasteiger partial charge in [-0.3, -0.25) is 4.79 Å². The highest BCUT2D eigenvalue weighted by Crippen LogP contribution is 2.27. The van der Waals surface area contributed by atoms with Crippen molar-refractivity contribution in [2.75, 3.05) is 12.9 Å². The van der Waals surface area contributed by atoms with Crippen molar-refractivity contribution in [1.29, 1.82) is 0 Å². The smallest absolute Gasteiger partial charge is 0.312 e. The van der Waals surface area contributed by atoms with E-state index in [1.54, 1.807) is 18.0 Å². The largest absolute Gasteiger partial charge is 0.469 e. The van der Waals surface area contributed by atoms with Gasteiger partial charge in [0.15, 0.2) is 0 Å². The van der Waals surface area contributed by atoms with E-state index in [1.807, 2.05) is 32.0 Å². The van der Waals surface area contributed by atoms with Gasteiger partial charge in [-0.1, -0.05) is 6.07 Å². The zero-order valence-electron chi connectivity index (χ0n) is 9.19. The third-order valence-electron chi connectivity index (χ3n) is 1.96. The van der Waals surface area contributed by atoms with Crippen molar-refractivity contribution in [3.63, 3.8) is 0 Å². The molecule has 3 nitrogen and oxygen atoms in total. The van der Waals surface area contributed by atoms with Gasteiger partial charge in [-0.15, -0.1) is 11.8 Å². The van der Waals surface area contributed by atoms with E-state index >= 15 is 0 Å². The van der Waals surface area contributed by atoms with Crippen molar-refractivity contribution in [3.05, 3.63) is 24.4 Å². The molecule has 0 aliphatic carbocycles. The van der Waals surface area contributed by atoms with Gasteiger partial charge in [-0.2, -0.15) is 0 Å². The van der Waals surface area contributed by atoms with Crippen LogP contribution in [0.25, 0.3) is 0 Å². The summed E-state index contributed by atoms with van der Waals surface area (Å²) in [6, 6.07) is 5.73. The molecule has 0 aromatic carbocycles. The van der Waals surface area contributed by atoms with E-state index in [1.165, 1.54) is 7.11 Å². The maximum Gasteiger partial charge on any atom is 0.312 e. The molecule has 0 spiro atoms. The summed E-state index contributed by atoms with van der Waals surface area (Å²) < 4.78 is 4.73. The molecule has 0 saturated heterocycles. The Morgan fingerprint density at radius 3 is 2.80 bits per heavy atom. The van der Waals surface area contributed by atoms with Gasteiger partial charge in [0, 0.05) is 11.9 Å². The molecule has 0 aliphatic rings. The molecule has 0 amide bonds. The summed E-state index contributed by atoms with van der Waals surface area (Å²) in [5.74, 6) is 0.474. The van der Waals surface area contributed by atoms with Crippen LogP contribution in [0.2, 0.25) is 0 Å². The van der Waals surface area contributed by atoms with E-state index in [9.17, 15) is 4.79 Å². The molecule has 0 N–H and O–H groups in total. The van der Waals surface area contributed by atoms with E-state index in [4.69, 9.17) is 4.74 Å². The molecule has 4 heteroatoms. The molecular weight excluding hydrogens is 210 g/mol. The summed E-state index contributed by atoms with van der Waals surface area (Å²) in [7, 11) is 1.41. The Balaban J connectivity index is 2.53. The van der Waals surface area contributed by atoms with Crippen LogP contribution in [0.4, 0.5) is 0 Å². The van der Waals surface area contributed by atoms with Gasteiger partial charge in [0.25, 0.3) is 0 Å². The van der Waals surface area contributed by atoms with Crippen LogP contribution in [-0.4, -0.2) is 23.8 Å². The fourth-order valence-corrected chi connectivity index (χ4v) is 1.96. The van der Waals surface area contributed by atoms with Gasteiger partial charge in [0.1, 0.15) is 0 Å². The first kappa shape index (κ1) is 12.0. The quantitative estimate of drug-likeness (QED) is 0.582. The number of ether oxygens (including phenoxy) is 1. The summed E-state index contributed by atoms with van der Waals surface area (Å²) in [6.45, 7) is 3.74. The molecule has 1 rings (SSSR count). The van der Waals surface area contributed by atoms with Crippen molar-refractivity contribution in [2.24, 2.45) is 5.41 Å². The highest BCUT2D eigenvalue weighted by atomic mass is 32.2. The summed E-state index contributed by atoms with van der Waals surface area (Å²) in [6.07, 6.45) is 1.74. The third kappa shape index (κ3) is 3.55. The Hall–Kier alpha value is -1.03. The number of carbonyl (C=O) groups excluding carboxylic acids is 1. The molecule has 1 heterocycles. The van der Waals surface area contributed by atoms with Gasteiger partial charge < -0.3 is 4.74 Å². The molecule has 15 heavy (non-hydrogen) atoms. The maximum atomic E-state index is 11.4. The Kier molecular flexibility index (Phi) is 4.15. The fraction of sp³-hybridized carbons (Fsp3) is 0.455. The lowest BCUT2D eigenvalue weighted by Crippen LogP contribution is -2.28. The minimum absolute atomic E-state index is 0.189. The zero-order valence-corrected chi connectivity index (χ0v) is 10.0. The highest BCUT2D eigenvalue weighted by molar-refractivity contribution is 7.99. The van der Waals surface area contributed by atoms with Gasteiger partial charge in [-0.25, -0.2) is 4.98 Å². The number of rotatable bonds is 4. The van der Waals surface area contributed by atoms with Crippen LogP contribution in [0.5, 0.6) is 0 Å². The van der Waals surface area contributed by atoms with Gasteiger partial charge in [0.2, 0.25) is 0 Å². The molecule has 0 atom stereocenters. The Bertz CT molecular complexity index is 325. The molecule has 1 aromatic heterocycles. The average Bonchev–Trinajstić information content (AvgIpc) is 2.27. The predicted molar refractivity (Wildman–Crippen MR) is 60.8 cm³/mol. The first-order valence-electron chi connectivity index (χ1n) is 4.68. The van der Waals surface area contributed by atoms with E-state index in [0.717, 1.165) is 5.03 Å². The Labute approximate surface area is 94.2 Å². The lowest BCUT2D eigenvalue weighted by molar-refractivity contribution is -0.149.